The van der Waals surface area contributed by atoms with Crippen molar-refractivity contribution in [2.75, 3.05) is 11.9 Å². The first kappa shape index (κ1) is 15.2. The average molecular weight is 323 g/mol. The molecule has 0 bridgehead atoms. The van der Waals surface area contributed by atoms with Gasteiger partial charge in [0.15, 0.2) is 23.3 Å². The van der Waals surface area contributed by atoms with E-state index in [4.69, 9.17) is 16.3 Å². The van der Waals surface area contributed by atoms with Gasteiger partial charge in [-0.05, 0) is 18.5 Å². The molecule has 0 radical (unpaired) electrons. The van der Waals surface area contributed by atoms with Gasteiger partial charge in [0.05, 0.1) is 6.61 Å². The van der Waals surface area contributed by atoms with Gasteiger partial charge < -0.3 is 10.1 Å². The molecule has 0 spiro atoms. The molecule has 0 aliphatic rings. The summed E-state index contributed by atoms with van der Waals surface area (Å²) in [4.78, 5) is 10.8. The van der Waals surface area contributed by atoms with Crippen LogP contribution in [0.2, 0.25) is 5.28 Å². The highest BCUT2D eigenvalue weighted by Gasteiger charge is 2.20. The predicted octanol–water partition coefficient (Wildman–Crippen LogP) is 3.22. The SMILES string of the molecule is CCOc1nc(Cl)nc(Nc2c(F)c(F)cc(F)c2F)n1. The number of benzene rings is 1. The maximum Gasteiger partial charge on any atom is 0.322 e. The second-order valence-corrected chi connectivity index (χ2v) is 3.95. The maximum atomic E-state index is 13.5. The van der Waals surface area contributed by atoms with Crippen LogP contribution in [0, 0.1) is 23.3 Å². The third kappa shape index (κ3) is 3.30. The number of halogens is 5. The lowest BCUT2D eigenvalue weighted by Crippen LogP contribution is -2.07. The molecule has 1 heterocycles. The van der Waals surface area contributed by atoms with Crippen LogP contribution in [0.1, 0.15) is 6.92 Å². The van der Waals surface area contributed by atoms with Gasteiger partial charge in [0.25, 0.3) is 0 Å². The Hall–Kier alpha value is -2.16. The summed E-state index contributed by atoms with van der Waals surface area (Å²) in [5, 5.41) is 1.68. The fraction of sp³-hybridized carbons (Fsp3) is 0.182. The predicted molar refractivity (Wildman–Crippen MR) is 65.6 cm³/mol. The molecule has 1 aromatic heterocycles. The molecule has 0 unspecified atom stereocenters. The molecular weight excluding hydrogens is 316 g/mol. The molecule has 0 aliphatic carbocycles. The van der Waals surface area contributed by atoms with E-state index in [1.807, 2.05) is 5.32 Å². The van der Waals surface area contributed by atoms with Crippen molar-refractivity contribution in [3.63, 3.8) is 0 Å². The van der Waals surface area contributed by atoms with Crippen molar-refractivity contribution in [3.05, 3.63) is 34.6 Å². The van der Waals surface area contributed by atoms with E-state index in [1.54, 1.807) is 6.92 Å². The first-order valence-electron chi connectivity index (χ1n) is 5.56. The second-order valence-electron chi connectivity index (χ2n) is 3.61. The Labute approximate surface area is 121 Å². The standard InChI is InChI=1S/C11H7ClF4N4O/c1-2-21-11-19-9(12)18-10(20-11)17-8-6(15)4(13)3-5(14)7(8)16/h3H,2H2,1H3,(H,17,18,19,20). The molecule has 1 aromatic carbocycles. The third-order valence-electron chi connectivity index (χ3n) is 2.21. The van der Waals surface area contributed by atoms with Crippen molar-refractivity contribution in [1.29, 1.82) is 0 Å². The van der Waals surface area contributed by atoms with Crippen LogP contribution in [-0.2, 0) is 0 Å². The Morgan fingerprint density at radius 1 is 1.10 bits per heavy atom. The van der Waals surface area contributed by atoms with Gasteiger partial charge in [0.2, 0.25) is 11.2 Å². The highest BCUT2D eigenvalue weighted by Crippen LogP contribution is 2.26. The van der Waals surface area contributed by atoms with Gasteiger partial charge in [-0.2, -0.15) is 15.0 Å². The summed E-state index contributed by atoms with van der Waals surface area (Å²) >= 11 is 5.58. The van der Waals surface area contributed by atoms with Crippen LogP contribution in [0.5, 0.6) is 6.01 Å². The Kier molecular flexibility index (Phi) is 4.41. The molecule has 10 heteroatoms. The van der Waals surface area contributed by atoms with Crippen LogP contribution < -0.4 is 10.1 Å². The first-order valence-corrected chi connectivity index (χ1v) is 5.94. The number of hydrogen-bond donors (Lipinski definition) is 1. The lowest BCUT2D eigenvalue weighted by Gasteiger charge is -2.09. The van der Waals surface area contributed by atoms with E-state index in [0.717, 1.165) is 0 Å². The number of anilines is 2. The number of nitrogens with one attached hydrogen (secondary N) is 1. The summed E-state index contributed by atoms with van der Waals surface area (Å²) in [5.41, 5.74) is -1.09. The molecule has 0 saturated carbocycles. The Morgan fingerprint density at radius 3 is 2.29 bits per heavy atom. The molecule has 5 nitrogen and oxygen atoms in total. The van der Waals surface area contributed by atoms with Gasteiger partial charge in [-0.1, -0.05) is 0 Å². The van der Waals surface area contributed by atoms with Crippen LogP contribution in [0.3, 0.4) is 0 Å². The van der Waals surface area contributed by atoms with Crippen molar-refractivity contribution in [3.8, 4) is 6.01 Å². The fourth-order valence-electron chi connectivity index (χ4n) is 1.38. The van der Waals surface area contributed by atoms with E-state index in [0.29, 0.717) is 0 Å². The molecule has 0 saturated heterocycles. The molecule has 0 fully saturated rings. The Morgan fingerprint density at radius 2 is 1.71 bits per heavy atom. The van der Waals surface area contributed by atoms with Crippen molar-refractivity contribution in [1.82, 2.24) is 15.0 Å². The number of aromatic nitrogens is 3. The van der Waals surface area contributed by atoms with Gasteiger partial charge in [-0.15, -0.1) is 0 Å². The minimum Gasteiger partial charge on any atom is -0.464 e. The minimum atomic E-state index is -1.62. The molecule has 112 valence electrons. The fourth-order valence-corrected chi connectivity index (χ4v) is 1.53. The zero-order valence-corrected chi connectivity index (χ0v) is 11.2. The molecule has 2 aromatic rings. The van der Waals surface area contributed by atoms with Crippen LogP contribution in [-0.4, -0.2) is 21.6 Å². The average Bonchev–Trinajstić information content (AvgIpc) is 2.41. The van der Waals surface area contributed by atoms with Crippen molar-refractivity contribution in [2.45, 2.75) is 6.92 Å². The van der Waals surface area contributed by atoms with E-state index < -0.39 is 34.9 Å². The summed E-state index contributed by atoms with van der Waals surface area (Å²) in [6, 6.07) is -0.125. The van der Waals surface area contributed by atoms with Crippen LogP contribution in [0.15, 0.2) is 6.07 Å². The number of ether oxygens (including phenoxy) is 1. The van der Waals surface area contributed by atoms with E-state index >= 15 is 0 Å². The van der Waals surface area contributed by atoms with E-state index in [-0.39, 0.29) is 24.0 Å². The maximum absolute atomic E-state index is 13.5. The summed E-state index contributed by atoms with van der Waals surface area (Å²) in [7, 11) is 0. The topological polar surface area (TPSA) is 59.9 Å². The van der Waals surface area contributed by atoms with Crippen molar-refractivity contribution in [2.24, 2.45) is 0 Å². The van der Waals surface area contributed by atoms with Gasteiger partial charge >= 0.3 is 6.01 Å². The molecule has 21 heavy (non-hydrogen) atoms. The number of nitrogens with zero attached hydrogens (tertiary/aromatic N) is 3. The molecule has 1 N–H and O–H groups in total. The van der Waals surface area contributed by atoms with E-state index in [9.17, 15) is 17.6 Å². The highest BCUT2D eigenvalue weighted by molar-refractivity contribution is 6.28. The molecule has 0 amide bonds. The lowest BCUT2D eigenvalue weighted by molar-refractivity contribution is 0.312. The summed E-state index contributed by atoms with van der Waals surface area (Å²) < 4.78 is 58.1. The number of rotatable bonds is 4. The van der Waals surface area contributed by atoms with Crippen LogP contribution in [0.4, 0.5) is 29.2 Å². The first-order chi connectivity index (χ1) is 9.92. The normalized spacial score (nSPS) is 10.6. The molecule has 0 aliphatic heterocycles. The van der Waals surface area contributed by atoms with E-state index in [1.165, 1.54) is 0 Å². The quantitative estimate of drug-likeness (QED) is 0.692. The van der Waals surface area contributed by atoms with Crippen molar-refractivity contribution < 1.29 is 22.3 Å². The Balaban J connectivity index is 2.43. The number of hydrogen-bond acceptors (Lipinski definition) is 5. The van der Waals surface area contributed by atoms with Gasteiger partial charge in [-0.25, -0.2) is 17.6 Å². The smallest absolute Gasteiger partial charge is 0.322 e. The largest absolute Gasteiger partial charge is 0.464 e. The molecule has 0 atom stereocenters. The van der Waals surface area contributed by atoms with Crippen molar-refractivity contribution >= 4 is 23.2 Å². The monoisotopic (exact) mass is 322 g/mol. The summed E-state index contributed by atoms with van der Waals surface area (Å²) in [6.45, 7) is 1.85. The van der Waals surface area contributed by atoms with Gasteiger partial charge in [0.1, 0.15) is 5.69 Å². The zero-order chi connectivity index (χ0) is 15.6. The summed E-state index contributed by atoms with van der Waals surface area (Å²) in [6.07, 6.45) is 0. The molecular formula is C11H7ClF4N4O. The Bertz CT molecular complexity index is 660. The molecule has 2 rings (SSSR count). The summed E-state index contributed by atoms with van der Waals surface area (Å²) in [5.74, 6) is -6.81. The van der Waals surface area contributed by atoms with E-state index in [2.05, 4.69) is 15.0 Å². The van der Waals surface area contributed by atoms with Crippen LogP contribution in [0.25, 0.3) is 0 Å². The second kappa shape index (κ2) is 6.08. The zero-order valence-electron chi connectivity index (χ0n) is 10.4. The van der Waals surface area contributed by atoms with Gasteiger partial charge in [-0.3, -0.25) is 0 Å². The van der Waals surface area contributed by atoms with Crippen LogP contribution >= 0.6 is 11.6 Å². The van der Waals surface area contributed by atoms with Gasteiger partial charge in [0, 0.05) is 6.07 Å². The highest BCUT2D eigenvalue weighted by atomic mass is 35.5. The lowest BCUT2D eigenvalue weighted by atomic mass is 10.2. The third-order valence-corrected chi connectivity index (χ3v) is 2.38. The minimum absolute atomic E-state index is 0.0852.